The Morgan fingerprint density at radius 1 is 1.38 bits per heavy atom. The van der Waals surface area contributed by atoms with Crippen molar-refractivity contribution < 1.29 is 9.90 Å². The van der Waals surface area contributed by atoms with Crippen LogP contribution in [0.25, 0.3) is 0 Å². The Balaban J connectivity index is 1.49. The fourth-order valence-corrected chi connectivity index (χ4v) is 3.50. The minimum Gasteiger partial charge on any atom is -0.481 e. The van der Waals surface area contributed by atoms with Crippen LogP contribution in [0.1, 0.15) is 50.8 Å². The Bertz CT molecular complexity index is 487. The van der Waals surface area contributed by atoms with Crippen LogP contribution in [0.3, 0.4) is 0 Å². The van der Waals surface area contributed by atoms with Gasteiger partial charge in [0.05, 0.1) is 17.7 Å². The number of aromatic nitrogens is 2. The summed E-state index contributed by atoms with van der Waals surface area (Å²) in [6.07, 6.45) is 8.62. The molecule has 0 radical (unpaired) electrons. The van der Waals surface area contributed by atoms with Gasteiger partial charge in [-0.1, -0.05) is 26.2 Å². The lowest BCUT2D eigenvalue weighted by Gasteiger charge is -2.40. The third kappa shape index (κ3) is 3.28. The molecule has 1 saturated carbocycles. The molecule has 1 atom stereocenters. The van der Waals surface area contributed by atoms with E-state index in [-0.39, 0.29) is 5.92 Å². The molecule has 1 aliphatic heterocycles. The van der Waals surface area contributed by atoms with Crippen molar-refractivity contribution in [1.29, 1.82) is 0 Å². The number of aliphatic carboxylic acids is 1. The predicted molar refractivity (Wildman–Crippen MR) is 79.9 cm³/mol. The van der Waals surface area contributed by atoms with Gasteiger partial charge in [-0.15, -0.1) is 0 Å². The van der Waals surface area contributed by atoms with Crippen molar-refractivity contribution >= 4 is 5.97 Å². The molecule has 2 fully saturated rings. The molecule has 1 aromatic heterocycles. The van der Waals surface area contributed by atoms with Crippen molar-refractivity contribution in [1.82, 2.24) is 14.7 Å². The van der Waals surface area contributed by atoms with Gasteiger partial charge in [0.25, 0.3) is 0 Å². The Morgan fingerprint density at radius 3 is 2.76 bits per heavy atom. The normalized spacial score (nSPS) is 22.9. The molecule has 5 heteroatoms. The van der Waals surface area contributed by atoms with Crippen LogP contribution in [0.2, 0.25) is 0 Å². The summed E-state index contributed by atoms with van der Waals surface area (Å²) in [6, 6.07) is 2.70. The molecule has 0 aromatic carbocycles. The summed E-state index contributed by atoms with van der Waals surface area (Å²) in [5.74, 6) is -0.620. The van der Waals surface area contributed by atoms with Crippen molar-refractivity contribution in [3.05, 3.63) is 18.0 Å². The first-order valence-electron chi connectivity index (χ1n) is 8.12. The SMILES string of the molecule is CC(C(=O)O)C1CN(Cc2ccn(C3CCCCC3)n2)C1. The molecule has 2 heterocycles. The minimum absolute atomic E-state index is 0.235. The van der Waals surface area contributed by atoms with E-state index in [1.807, 2.05) is 6.92 Å². The Morgan fingerprint density at radius 2 is 2.10 bits per heavy atom. The molecule has 0 spiro atoms. The maximum Gasteiger partial charge on any atom is 0.306 e. The van der Waals surface area contributed by atoms with E-state index in [2.05, 4.69) is 21.8 Å². The second-order valence-corrected chi connectivity index (χ2v) is 6.66. The predicted octanol–water partition coefficient (Wildman–Crippen LogP) is 2.54. The van der Waals surface area contributed by atoms with E-state index < -0.39 is 5.97 Å². The molecule has 1 saturated heterocycles. The highest BCUT2D eigenvalue weighted by Gasteiger charge is 2.34. The van der Waals surface area contributed by atoms with Crippen LogP contribution in [0.15, 0.2) is 12.3 Å². The zero-order chi connectivity index (χ0) is 14.8. The lowest BCUT2D eigenvalue weighted by molar-refractivity contribution is -0.145. The summed E-state index contributed by atoms with van der Waals surface area (Å²) in [4.78, 5) is 13.2. The molecule has 1 unspecified atom stereocenters. The summed E-state index contributed by atoms with van der Waals surface area (Å²) >= 11 is 0. The van der Waals surface area contributed by atoms with Gasteiger partial charge >= 0.3 is 5.97 Å². The van der Waals surface area contributed by atoms with Crippen molar-refractivity contribution in [2.24, 2.45) is 11.8 Å². The van der Waals surface area contributed by atoms with Crippen LogP contribution in [0.5, 0.6) is 0 Å². The Labute approximate surface area is 125 Å². The minimum atomic E-state index is -0.679. The number of carbonyl (C=O) groups is 1. The highest BCUT2D eigenvalue weighted by atomic mass is 16.4. The van der Waals surface area contributed by atoms with Gasteiger partial charge in [0, 0.05) is 25.8 Å². The zero-order valence-electron chi connectivity index (χ0n) is 12.7. The number of carboxylic acid groups (broad SMARTS) is 1. The van der Waals surface area contributed by atoms with E-state index in [0.717, 1.165) is 25.3 Å². The highest BCUT2D eigenvalue weighted by molar-refractivity contribution is 5.70. The van der Waals surface area contributed by atoms with Gasteiger partial charge in [0.1, 0.15) is 0 Å². The van der Waals surface area contributed by atoms with E-state index in [4.69, 9.17) is 10.2 Å². The van der Waals surface area contributed by atoms with Crippen LogP contribution in [-0.2, 0) is 11.3 Å². The lowest BCUT2D eigenvalue weighted by Crippen LogP contribution is -2.50. The zero-order valence-corrected chi connectivity index (χ0v) is 12.7. The molecule has 21 heavy (non-hydrogen) atoms. The van der Waals surface area contributed by atoms with E-state index in [0.29, 0.717) is 12.0 Å². The number of nitrogens with zero attached hydrogens (tertiary/aromatic N) is 3. The largest absolute Gasteiger partial charge is 0.481 e. The molecular weight excluding hydrogens is 266 g/mol. The second-order valence-electron chi connectivity index (χ2n) is 6.66. The first-order chi connectivity index (χ1) is 10.1. The average Bonchev–Trinajstić information content (AvgIpc) is 2.91. The third-order valence-corrected chi connectivity index (χ3v) is 5.08. The Hall–Kier alpha value is -1.36. The summed E-state index contributed by atoms with van der Waals surface area (Å²) < 4.78 is 2.14. The standard InChI is InChI=1S/C16H25N3O2/c1-12(16(20)21)13-9-18(10-13)11-14-7-8-19(17-14)15-5-3-2-4-6-15/h7-8,12-13,15H,2-6,9-11H2,1H3,(H,20,21). The topological polar surface area (TPSA) is 58.4 Å². The van der Waals surface area contributed by atoms with Gasteiger partial charge in [0.15, 0.2) is 0 Å². The quantitative estimate of drug-likeness (QED) is 0.905. The number of hydrogen-bond donors (Lipinski definition) is 1. The molecule has 0 amide bonds. The van der Waals surface area contributed by atoms with Crippen molar-refractivity contribution in [2.45, 2.75) is 51.6 Å². The first-order valence-corrected chi connectivity index (χ1v) is 8.12. The van der Waals surface area contributed by atoms with Crippen molar-refractivity contribution in [3.8, 4) is 0 Å². The van der Waals surface area contributed by atoms with Gasteiger partial charge in [0.2, 0.25) is 0 Å². The Kier molecular flexibility index (Phi) is 4.29. The highest BCUT2D eigenvalue weighted by Crippen LogP contribution is 2.28. The molecule has 1 aliphatic carbocycles. The van der Waals surface area contributed by atoms with E-state index in [1.54, 1.807) is 0 Å². The molecule has 0 bridgehead atoms. The van der Waals surface area contributed by atoms with E-state index in [1.165, 1.54) is 32.1 Å². The fourth-order valence-electron chi connectivity index (χ4n) is 3.50. The summed E-state index contributed by atoms with van der Waals surface area (Å²) in [7, 11) is 0. The molecule has 1 aromatic rings. The summed E-state index contributed by atoms with van der Waals surface area (Å²) in [6.45, 7) is 4.41. The van der Waals surface area contributed by atoms with Crippen LogP contribution < -0.4 is 0 Å². The van der Waals surface area contributed by atoms with Gasteiger partial charge in [-0.2, -0.15) is 5.10 Å². The smallest absolute Gasteiger partial charge is 0.306 e. The van der Waals surface area contributed by atoms with Gasteiger partial charge in [-0.25, -0.2) is 0 Å². The average molecular weight is 291 g/mol. The van der Waals surface area contributed by atoms with Crippen LogP contribution >= 0.6 is 0 Å². The van der Waals surface area contributed by atoms with Crippen LogP contribution in [-0.4, -0.2) is 38.8 Å². The summed E-state index contributed by atoms with van der Waals surface area (Å²) in [5, 5.41) is 13.7. The number of carboxylic acids is 1. The molecule has 1 N–H and O–H groups in total. The van der Waals surface area contributed by atoms with Crippen LogP contribution in [0.4, 0.5) is 0 Å². The van der Waals surface area contributed by atoms with Crippen molar-refractivity contribution in [2.75, 3.05) is 13.1 Å². The van der Waals surface area contributed by atoms with E-state index >= 15 is 0 Å². The maximum absolute atomic E-state index is 10.9. The summed E-state index contributed by atoms with van der Waals surface area (Å²) in [5.41, 5.74) is 1.11. The molecule has 3 rings (SSSR count). The van der Waals surface area contributed by atoms with E-state index in [9.17, 15) is 4.79 Å². The van der Waals surface area contributed by atoms with Crippen LogP contribution in [0, 0.1) is 11.8 Å². The molecule has 5 nitrogen and oxygen atoms in total. The van der Waals surface area contributed by atoms with Crippen molar-refractivity contribution in [3.63, 3.8) is 0 Å². The monoisotopic (exact) mass is 291 g/mol. The maximum atomic E-state index is 10.9. The van der Waals surface area contributed by atoms with Gasteiger partial charge < -0.3 is 5.11 Å². The van der Waals surface area contributed by atoms with Gasteiger partial charge in [-0.3, -0.25) is 14.4 Å². The number of likely N-dealkylation sites (tertiary alicyclic amines) is 1. The number of hydrogen-bond acceptors (Lipinski definition) is 3. The molecular formula is C16H25N3O2. The first kappa shape index (κ1) is 14.6. The molecule has 2 aliphatic rings. The third-order valence-electron chi connectivity index (χ3n) is 5.08. The van der Waals surface area contributed by atoms with Gasteiger partial charge in [-0.05, 0) is 24.8 Å². The fraction of sp³-hybridized carbons (Fsp3) is 0.750. The molecule has 116 valence electrons. The lowest BCUT2D eigenvalue weighted by atomic mass is 9.87. The second kappa shape index (κ2) is 6.18. The number of rotatable bonds is 5.